The Morgan fingerprint density at radius 1 is 1.32 bits per heavy atom. The van der Waals surface area contributed by atoms with Gasteiger partial charge in [-0.15, -0.1) is 0 Å². The molecule has 1 fully saturated rings. The lowest BCUT2D eigenvalue weighted by atomic mass is 9.97. The molecule has 0 bridgehead atoms. The lowest BCUT2D eigenvalue weighted by molar-refractivity contribution is 0.139. The molecule has 1 saturated heterocycles. The largest absolute Gasteiger partial charge is 0.329 e. The Bertz CT molecular complexity index is 352. The second-order valence-electron chi connectivity index (χ2n) is 5.78. The Hall–Kier alpha value is -0.900. The molecule has 1 aromatic carbocycles. The van der Waals surface area contributed by atoms with Crippen LogP contribution in [0.4, 0.5) is 0 Å². The van der Waals surface area contributed by atoms with Crippen LogP contribution in [0.25, 0.3) is 0 Å². The molecule has 1 heterocycles. The number of nitrogens with two attached hydrogens (primary N) is 1. The average Bonchev–Trinajstić information content (AvgIpc) is 2.40. The van der Waals surface area contributed by atoms with Crippen LogP contribution in [0.1, 0.15) is 18.4 Å². The molecule has 1 atom stereocenters. The van der Waals surface area contributed by atoms with Crippen LogP contribution in [0.5, 0.6) is 0 Å². The summed E-state index contributed by atoms with van der Waals surface area (Å²) in [4.78, 5) is 4.97. The Morgan fingerprint density at radius 3 is 2.84 bits per heavy atom. The second-order valence-corrected chi connectivity index (χ2v) is 5.78. The SMILES string of the molecule is CN(CCN)C[C@@H]1CCCN(Cc2ccccc2)C1. The third-order valence-electron chi connectivity index (χ3n) is 3.93. The van der Waals surface area contributed by atoms with Crippen LogP contribution in [0, 0.1) is 5.92 Å². The van der Waals surface area contributed by atoms with E-state index in [-0.39, 0.29) is 0 Å². The van der Waals surface area contributed by atoms with Gasteiger partial charge in [-0.25, -0.2) is 0 Å². The van der Waals surface area contributed by atoms with Crippen LogP contribution < -0.4 is 5.73 Å². The van der Waals surface area contributed by atoms with Gasteiger partial charge >= 0.3 is 0 Å². The van der Waals surface area contributed by atoms with Crippen molar-refractivity contribution in [1.82, 2.24) is 9.80 Å². The van der Waals surface area contributed by atoms with E-state index in [1.54, 1.807) is 0 Å². The van der Waals surface area contributed by atoms with Gasteiger partial charge in [0.1, 0.15) is 0 Å². The maximum absolute atomic E-state index is 5.61. The lowest BCUT2D eigenvalue weighted by Crippen LogP contribution is -2.40. The normalized spacial score (nSPS) is 20.9. The number of rotatable bonds is 6. The van der Waals surface area contributed by atoms with E-state index >= 15 is 0 Å². The molecule has 2 N–H and O–H groups in total. The minimum absolute atomic E-state index is 0.761. The summed E-state index contributed by atoms with van der Waals surface area (Å²) in [5.41, 5.74) is 7.04. The molecule has 0 aromatic heterocycles. The molecule has 0 amide bonds. The smallest absolute Gasteiger partial charge is 0.0233 e. The van der Waals surface area contributed by atoms with Gasteiger partial charge in [-0.2, -0.15) is 0 Å². The lowest BCUT2D eigenvalue weighted by Gasteiger charge is -2.34. The summed E-state index contributed by atoms with van der Waals surface area (Å²) >= 11 is 0. The zero-order chi connectivity index (χ0) is 13.5. The van der Waals surface area contributed by atoms with Gasteiger partial charge in [0.2, 0.25) is 0 Å². The minimum atomic E-state index is 0.761. The highest BCUT2D eigenvalue weighted by Gasteiger charge is 2.20. The highest BCUT2D eigenvalue weighted by molar-refractivity contribution is 5.14. The maximum Gasteiger partial charge on any atom is 0.0233 e. The van der Waals surface area contributed by atoms with Crippen molar-refractivity contribution < 1.29 is 0 Å². The molecule has 1 aliphatic heterocycles. The fourth-order valence-electron chi connectivity index (χ4n) is 3.04. The van der Waals surface area contributed by atoms with Gasteiger partial charge in [0, 0.05) is 32.7 Å². The monoisotopic (exact) mass is 261 g/mol. The molecule has 0 saturated carbocycles. The quantitative estimate of drug-likeness (QED) is 0.847. The van der Waals surface area contributed by atoms with Crippen LogP contribution in [-0.2, 0) is 6.54 Å². The van der Waals surface area contributed by atoms with Crippen molar-refractivity contribution in [1.29, 1.82) is 0 Å². The summed E-state index contributed by atoms with van der Waals surface area (Å²) in [6.07, 6.45) is 2.69. The predicted molar refractivity (Wildman–Crippen MR) is 81.0 cm³/mol. The fourth-order valence-corrected chi connectivity index (χ4v) is 3.04. The molecule has 1 aliphatic rings. The van der Waals surface area contributed by atoms with Gasteiger partial charge in [0.25, 0.3) is 0 Å². The Labute approximate surface area is 117 Å². The predicted octanol–water partition coefficient (Wildman–Crippen LogP) is 1.79. The number of piperidine rings is 1. The van der Waals surface area contributed by atoms with E-state index in [0.29, 0.717) is 0 Å². The number of hydrogen-bond donors (Lipinski definition) is 1. The first-order valence-electron chi connectivity index (χ1n) is 7.43. The van der Waals surface area contributed by atoms with E-state index in [9.17, 15) is 0 Å². The van der Waals surface area contributed by atoms with Crippen LogP contribution in [0.2, 0.25) is 0 Å². The number of nitrogens with zero attached hydrogens (tertiary/aromatic N) is 2. The molecule has 3 nitrogen and oxygen atoms in total. The standard InChI is InChI=1S/C16H27N3/c1-18(11-9-17)12-16-8-5-10-19(14-16)13-15-6-3-2-4-7-15/h2-4,6-7,16H,5,8-14,17H2,1H3/t16-/m0/s1. The number of likely N-dealkylation sites (N-methyl/N-ethyl adjacent to an activating group) is 1. The zero-order valence-electron chi connectivity index (χ0n) is 12.1. The van der Waals surface area contributed by atoms with E-state index < -0.39 is 0 Å². The molecule has 0 radical (unpaired) electrons. The summed E-state index contributed by atoms with van der Waals surface area (Å²) in [7, 11) is 2.18. The number of hydrogen-bond acceptors (Lipinski definition) is 3. The third kappa shape index (κ3) is 4.94. The summed E-state index contributed by atoms with van der Waals surface area (Å²) < 4.78 is 0. The van der Waals surface area contributed by atoms with Crippen molar-refractivity contribution in [2.45, 2.75) is 19.4 Å². The van der Waals surface area contributed by atoms with Gasteiger partial charge in [-0.1, -0.05) is 30.3 Å². The first-order valence-corrected chi connectivity index (χ1v) is 7.43. The van der Waals surface area contributed by atoms with Gasteiger partial charge in [0.15, 0.2) is 0 Å². The van der Waals surface area contributed by atoms with E-state index in [2.05, 4.69) is 47.2 Å². The van der Waals surface area contributed by atoms with E-state index in [1.807, 2.05) is 0 Å². The molecule has 19 heavy (non-hydrogen) atoms. The Kier molecular flexibility index (Phi) is 5.83. The topological polar surface area (TPSA) is 32.5 Å². The average molecular weight is 261 g/mol. The maximum atomic E-state index is 5.61. The van der Waals surface area contributed by atoms with Crippen LogP contribution >= 0.6 is 0 Å². The molecule has 106 valence electrons. The summed E-state index contributed by atoms with van der Waals surface area (Å²) in [5.74, 6) is 0.800. The molecule has 0 aliphatic carbocycles. The number of benzene rings is 1. The molecule has 2 rings (SSSR count). The van der Waals surface area contributed by atoms with Gasteiger partial charge in [-0.05, 0) is 37.9 Å². The van der Waals surface area contributed by atoms with Gasteiger partial charge in [0.05, 0.1) is 0 Å². The highest BCUT2D eigenvalue weighted by Crippen LogP contribution is 2.19. The van der Waals surface area contributed by atoms with Gasteiger partial charge < -0.3 is 10.6 Å². The van der Waals surface area contributed by atoms with Crippen LogP contribution in [-0.4, -0.2) is 49.6 Å². The summed E-state index contributed by atoms with van der Waals surface area (Å²) in [6, 6.07) is 10.8. The molecule has 1 aromatic rings. The Balaban J connectivity index is 1.80. The molecular formula is C16H27N3. The van der Waals surface area contributed by atoms with Crippen LogP contribution in [0.3, 0.4) is 0 Å². The van der Waals surface area contributed by atoms with E-state index in [1.165, 1.54) is 38.0 Å². The zero-order valence-corrected chi connectivity index (χ0v) is 12.1. The molecular weight excluding hydrogens is 234 g/mol. The highest BCUT2D eigenvalue weighted by atomic mass is 15.2. The van der Waals surface area contributed by atoms with E-state index in [4.69, 9.17) is 5.73 Å². The van der Waals surface area contributed by atoms with Crippen LogP contribution in [0.15, 0.2) is 30.3 Å². The Morgan fingerprint density at radius 2 is 2.11 bits per heavy atom. The first kappa shape index (κ1) is 14.5. The summed E-state index contributed by atoms with van der Waals surface area (Å²) in [6.45, 7) is 6.52. The second kappa shape index (κ2) is 7.63. The molecule has 0 unspecified atom stereocenters. The minimum Gasteiger partial charge on any atom is -0.329 e. The van der Waals surface area contributed by atoms with Crippen molar-refractivity contribution in [2.24, 2.45) is 11.7 Å². The van der Waals surface area contributed by atoms with Crippen molar-refractivity contribution in [3.63, 3.8) is 0 Å². The number of likely N-dealkylation sites (tertiary alicyclic amines) is 1. The molecule has 3 heteroatoms. The summed E-state index contributed by atoms with van der Waals surface area (Å²) in [5, 5.41) is 0. The third-order valence-corrected chi connectivity index (χ3v) is 3.93. The first-order chi connectivity index (χ1) is 9.28. The van der Waals surface area contributed by atoms with Crippen molar-refractivity contribution >= 4 is 0 Å². The van der Waals surface area contributed by atoms with Crippen molar-refractivity contribution in [3.8, 4) is 0 Å². The fraction of sp³-hybridized carbons (Fsp3) is 0.625. The van der Waals surface area contributed by atoms with E-state index in [0.717, 1.165) is 25.6 Å². The van der Waals surface area contributed by atoms with Gasteiger partial charge in [-0.3, -0.25) is 4.90 Å². The van der Waals surface area contributed by atoms with Crippen molar-refractivity contribution in [3.05, 3.63) is 35.9 Å². The van der Waals surface area contributed by atoms with Crippen molar-refractivity contribution in [2.75, 3.05) is 39.8 Å². The molecule has 0 spiro atoms.